The monoisotopic (exact) mass is 515 g/mol. The van der Waals surface area contributed by atoms with Crippen LogP contribution >= 0.6 is 0 Å². The molecular weight excluding hydrogens is 481 g/mol. The van der Waals surface area contributed by atoms with E-state index in [4.69, 9.17) is 0 Å². The Morgan fingerprint density at radius 3 is 2.47 bits per heavy atom. The first-order chi connectivity index (χ1) is 18.6. The van der Waals surface area contributed by atoms with Gasteiger partial charge in [0.15, 0.2) is 0 Å². The van der Waals surface area contributed by atoms with Crippen LogP contribution in [-0.2, 0) is 4.79 Å². The number of benzene rings is 2. The molecule has 0 radical (unpaired) electrons. The highest BCUT2D eigenvalue weighted by molar-refractivity contribution is 5.97. The van der Waals surface area contributed by atoms with E-state index < -0.39 is 6.04 Å². The van der Waals surface area contributed by atoms with Gasteiger partial charge in [0.2, 0.25) is 5.91 Å². The van der Waals surface area contributed by atoms with Crippen LogP contribution in [0, 0.1) is 5.82 Å². The molecule has 7 nitrogen and oxygen atoms in total. The Bertz CT molecular complexity index is 1210. The molecule has 2 aliphatic rings. The first-order valence-electron chi connectivity index (χ1n) is 13.5. The molecule has 2 amide bonds. The van der Waals surface area contributed by atoms with Gasteiger partial charge in [0.25, 0.3) is 5.91 Å². The summed E-state index contributed by atoms with van der Waals surface area (Å²) in [6.45, 7) is 2.25. The van der Waals surface area contributed by atoms with E-state index in [0.717, 1.165) is 68.6 Å². The van der Waals surface area contributed by atoms with Gasteiger partial charge in [-0.3, -0.25) is 19.6 Å². The number of carbonyl (C=O) groups is 2. The lowest BCUT2D eigenvalue weighted by Gasteiger charge is -2.31. The minimum absolute atomic E-state index is 0.00448. The molecule has 0 bridgehead atoms. The predicted molar refractivity (Wildman–Crippen MR) is 144 cm³/mol. The lowest BCUT2D eigenvalue weighted by atomic mass is 10.0. The Morgan fingerprint density at radius 2 is 1.76 bits per heavy atom. The highest BCUT2D eigenvalue weighted by Crippen LogP contribution is 2.40. The molecule has 0 unspecified atom stereocenters. The average Bonchev–Trinajstić information content (AvgIpc) is 3.75. The van der Waals surface area contributed by atoms with Gasteiger partial charge in [0, 0.05) is 48.6 Å². The van der Waals surface area contributed by atoms with Crippen molar-refractivity contribution in [2.75, 3.05) is 19.6 Å². The Hall–Kier alpha value is -3.65. The maximum Gasteiger partial charge on any atom is 0.251 e. The molecule has 198 valence electrons. The van der Waals surface area contributed by atoms with Crippen LogP contribution in [0.2, 0.25) is 0 Å². The SMILES string of the molecule is O=C(N[C@@H](CCCN[C@@H]1C[C@H]1c1ccc(F)cc1)C(=O)N1CCCCC1)c1ccc(-c2cnccn2)cc1. The van der Waals surface area contributed by atoms with Gasteiger partial charge >= 0.3 is 0 Å². The fourth-order valence-electron chi connectivity index (χ4n) is 5.17. The highest BCUT2D eigenvalue weighted by Gasteiger charge is 2.37. The number of amides is 2. The second-order valence-corrected chi connectivity index (χ2v) is 10.2. The van der Waals surface area contributed by atoms with Crippen LogP contribution in [0.3, 0.4) is 0 Å². The number of rotatable bonds is 10. The van der Waals surface area contributed by atoms with Crippen LogP contribution in [0.5, 0.6) is 0 Å². The standard InChI is InChI=1S/C30H34FN5O2/c31-24-12-10-21(11-13-24)25-19-27(25)33-14-4-5-26(30(38)36-17-2-1-3-18-36)35-29(37)23-8-6-22(7-9-23)28-20-32-15-16-34-28/h6-13,15-16,20,25-27,33H,1-5,14,17-19H2,(H,35,37)/t25-,26-,27+/m0/s1. The summed E-state index contributed by atoms with van der Waals surface area (Å²) in [7, 11) is 0. The quantitative estimate of drug-likeness (QED) is 0.393. The molecule has 1 aliphatic heterocycles. The maximum atomic E-state index is 13.4. The average molecular weight is 516 g/mol. The molecule has 1 aliphatic carbocycles. The second kappa shape index (κ2) is 12.3. The summed E-state index contributed by atoms with van der Waals surface area (Å²) in [6.07, 6.45) is 10.4. The molecule has 2 heterocycles. The van der Waals surface area contributed by atoms with E-state index in [0.29, 0.717) is 23.9 Å². The molecule has 8 heteroatoms. The zero-order valence-electron chi connectivity index (χ0n) is 21.5. The number of hydrogen-bond acceptors (Lipinski definition) is 5. The minimum Gasteiger partial charge on any atom is -0.341 e. The van der Waals surface area contributed by atoms with Crippen LogP contribution < -0.4 is 10.6 Å². The van der Waals surface area contributed by atoms with Crippen molar-refractivity contribution < 1.29 is 14.0 Å². The number of piperidine rings is 1. The van der Waals surface area contributed by atoms with Crippen LogP contribution in [0.15, 0.2) is 67.1 Å². The van der Waals surface area contributed by atoms with Gasteiger partial charge in [-0.25, -0.2) is 4.39 Å². The molecule has 2 N–H and O–H groups in total. The minimum atomic E-state index is -0.561. The van der Waals surface area contributed by atoms with Crippen LogP contribution in [0.25, 0.3) is 11.3 Å². The lowest BCUT2D eigenvalue weighted by Crippen LogP contribution is -2.50. The summed E-state index contributed by atoms with van der Waals surface area (Å²) in [4.78, 5) is 36.7. The smallest absolute Gasteiger partial charge is 0.251 e. The Labute approximate surface area is 222 Å². The number of nitrogens with zero attached hydrogens (tertiary/aromatic N) is 3. The van der Waals surface area contributed by atoms with Crippen LogP contribution in [0.4, 0.5) is 4.39 Å². The second-order valence-electron chi connectivity index (χ2n) is 10.2. The van der Waals surface area contributed by atoms with E-state index in [9.17, 15) is 14.0 Å². The topological polar surface area (TPSA) is 87.2 Å². The third-order valence-corrected chi connectivity index (χ3v) is 7.44. The number of hydrogen-bond donors (Lipinski definition) is 2. The van der Waals surface area contributed by atoms with Crippen molar-refractivity contribution in [1.82, 2.24) is 25.5 Å². The largest absolute Gasteiger partial charge is 0.341 e. The Balaban J connectivity index is 1.16. The van der Waals surface area contributed by atoms with Gasteiger partial charge in [-0.2, -0.15) is 0 Å². The van der Waals surface area contributed by atoms with Crippen molar-refractivity contribution in [3.05, 3.63) is 84.1 Å². The van der Waals surface area contributed by atoms with Crippen molar-refractivity contribution >= 4 is 11.8 Å². The predicted octanol–water partition coefficient (Wildman–Crippen LogP) is 4.32. The number of nitrogens with one attached hydrogen (secondary N) is 2. The van der Waals surface area contributed by atoms with Crippen molar-refractivity contribution in [1.29, 1.82) is 0 Å². The van der Waals surface area contributed by atoms with Gasteiger partial charge in [0.1, 0.15) is 11.9 Å². The summed E-state index contributed by atoms with van der Waals surface area (Å²) in [5, 5.41) is 6.57. The van der Waals surface area contributed by atoms with E-state index in [1.807, 2.05) is 29.2 Å². The van der Waals surface area contributed by atoms with Crippen molar-refractivity contribution in [2.24, 2.45) is 0 Å². The summed E-state index contributed by atoms with van der Waals surface area (Å²) in [5.41, 5.74) is 3.27. The van der Waals surface area contributed by atoms with Crippen molar-refractivity contribution in [3.63, 3.8) is 0 Å². The third-order valence-electron chi connectivity index (χ3n) is 7.44. The van der Waals surface area contributed by atoms with E-state index >= 15 is 0 Å². The molecule has 5 rings (SSSR count). The summed E-state index contributed by atoms with van der Waals surface area (Å²) < 4.78 is 13.2. The van der Waals surface area contributed by atoms with Crippen LogP contribution in [0.1, 0.15) is 60.4 Å². The molecular formula is C30H34FN5O2. The van der Waals surface area contributed by atoms with Gasteiger partial charge in [0.05, 0.1) is 11.9 Å². The van der Waals surface area contributed by atoms with E-state index in [1.165, 1.54) is 12.1 Å². The molecule has 1 saturated carbocycles. The normalized spacial score (nSPS) is 19.6. The van der Waals surface area contributed by atoms with Crippen LogP contribution in [-0.4, -0.2) is 58.4 Å². The van der Waals surface area contributed by atoms with Gasteiger partial charge in [-0.15, -0.1) is 0 Å². The van der Waals surface area contributed by atoms with Crippen molar-refractivity contribution in [3.8, 4) is 11.3 Å². The maximum absolute atomic E-state index is 13.4. The number of halogens is 1. The first kappa shape index (κ1) is 26.0. The molecule has 0 spiro atoms. The molecule has 2 aromatic carbocycles. The molecule has 3 atom stereocenters. The van der Waals surface area contributed by atoms with E-state index in [2.05, 4.69) is 20.6 Å². The fraction of sp³-hybridized carbons (Fsp3) is 0.400. The number of aromatic nitrogens is 2. The van der Waals surface area contributed by atoms with Gasteiger partial charge in [-0.1, -0.05) is 24.3 Å². The molecule has 3 aromatic rings. The van der Waals surface area contributed by atoms with Gasteiger partial charge < -0.3 is 15.5 Å². The third kappa shape index (κ3) is 6.61. The fourth-order valence-corrected chi connectivity index (χ4v) is 5.17. The van der Waals surface area contributed by atoms with Gasteiger partial charge in [-0.05, 0) is 74.9 Å². The molecule has 1 saturated heterocycles. The lowest BCUT2D eigenvalue weighted by molar-refractivity contribution is -0.134. The molecule has 38 heavy (non-hydrogen) atoms. The first-order valence-corrected chi connectivity index (χ1v) is 13.5. The molecule has 1 aromatic heterocycles. The highest BCUT2D eigenvalue weighted by atomic mass is 19.1. The summed E-state index contributed by atoms with van der Waals surface area (Å²) >= 11 is 0. The summed E-state index contributed by atoms with van der Waals surface area (Å²) in [6, 6.07) is 13.7. The van der Waals surface area contributed by atoms with E-state index in [1.54, 1.807) is 30.7 Å². The number of likely N-dealkylation sites (tertiary alicyclic amines) is 1. The summed E-state index contributed by atoms with van der Waals surface area (Å²) in [5.74, 6) is -0.0554. The Kier molecular flexibility index (Phi) is 8.38. The Morgan fingerprint density at radius 1 is 1.00 bits per heavy atom. The number of carbonyl (C=O) groups excluding carboxylic acids is 2. The zero-order chi connectivity index (χ0) is 26.3. The van der Waals surface area contributed by atoms with Crippen molar-refractivity contribution in [2.45, 2.75) is 56.5 Å². The molecule has 2 fully saturated rings. The zero-order valence-corrected chi connectivity index (χ0v) is 21.5. The van der Waals surface area contributed by atoms with E-state index in [-0.39, 0.29) is 17.6 Å².